The Balaban J connectivity index is 1.12. The number of carbonyl (C=O) groups excluding carboxylic acids is 1. The summed E-state index contributed by atoms with van der Waals surface area (Å²) < 4.78 is 19.0. The fraction of sp³-hybridized carbons (Fsp3) is 0.513. The van der Waals surface area contributed by atoms with Crippen molar-refractivity contribution in [3.8, 4) is 28.4 Å². The number of Topliss-reactive ketones (excluding diaryl/α,β-unsaturated/α-hetero) is 1. The lowest BCUT2D eigenvalue weighted by molar-refractivity contribution is -0.117. The minimum atomic E-state index is -0.0861. The van der Waals surface area contributed by atoms with Gasteiger partial charge in [0.25, 0.3) is 0 Å². The molecule has 0 bridgehead atoms. The molecule has 2 aliphatic carbocycles. The minimum Gasteiger partial charge on any atom is -0.493 e. The van der Waals surface area contributed by atoms with Crippen molar-refractivity contribution < 1.29 is 19.0 Å². The van der Waals surface area contributed by atoms with Crippen molar-refractivity contribution in [2.45, 2.75) is 78.9 Å². The summed E-state index contributed by atoms with van der Waals surface area (Å²) in [6, 6.07) is 16.9. The van der Waals surface area contributed by atoms with E-state index < -0.39 is 0 Å². The zero-order valence-electron chi connectivity index (χ0n) is 27.9. The Kier molecular flexibility index (Phi) is 10.3. The monoisotopic (exact) mass is 644 g/mol. The van der Waals surface area contributed by atoms with Gasteiger partial charge in [0.2, 0.25) is 0 Å². The van der Waals surface area contributed by atoms with E-state index in [0.717, 1.165) is 62.4 Å². The molecule has 246 valence electrons. The Morgan fingerprint density at radius 1 is 0.978 bits per heavy atom. The number of rotatable bonds is 14. The van der Waals surface area contributed by atoms with Gasteiger partial charge in [0.1, 0.15) is 29.1 Å². The predicted octanol–water partition coefficient (Wildman–Crippen LogP) is 8.35. The third kappa shape index (κ3) is 7.56. The van der Waals surface area contributed by atoms with Gasteiger partial charge < -0.3 is 24.4 Å². The highest BCUT2D eigenvalue weighted by Crippen LogP contribution is 2.44. The van der Waals surface area contributed by atoms with Gasteiger partial charge in [-0.2, -0.15) is 0 Å². The quantitative estimate of drug-likeness (QED) is 0.178. The molecule has 7 heteroatoms. The van der Waals surface area contributed by atoms with E-state index in [1.165, 1.54) is 40.9 Å². The van der Waals surface area contributed by atoms with Crippen molar-refractivity contribution in [3.63, 3.8) is 0 Å². The van der Waals surface area contributed by atoms with Gasteiger partial charge in [0, 0.05) is 50.7 Å². The molecule has 1 N–H and O–H groups in total. The molecule has 6 nitrogen and oxygen atoms in total. The molecule has 0 radical (unpaired) electrons. The Morgan fingerprint density at radius 2 is 1.78 bits per heavy atom. The van der Waals surface area contributed by atoms with Crippen molar-refractivity contribution in [1.29, 1.82) is 0 Å². The molecule has 0 amide bonds. The molecule has 3 aromatic carbocycles. The number of nitrogens with one attached hydrogen (secondary N) is 1. The molecule has 46 heavy (non-hydrogen) atoms. The lowest BCUT2D eigenvalue weighted by Gasteiger charge is -2.46. The highest BCUT2D eigenvalue weighted by Gasteiger charge is 2.33. The maximum absolute atomic E-state index is 11.6. The maximum Gasteiger partial charge on any atom is 0.142 e. The van der Waals surface area contributed by atoms with Crippen molar-refractivity contribution >= 4 is 17.4 Å². The van der Waals surface area contributed by atoms with E-state index in [2.05, 4.69) is 67.4 Å². The fourth-order valence-corrected chi connectivity index (χ4v) is 7.80. The Morgan fingerprint density at radius 3 is 2.54 bits per heavy atom. The first-order chi connectivity index (χ1) is 22.2. The molecule has 6 rings (SSSR count). The van der Waals surface area contributed by atoms with Crippen LogP contribution in [0, 0.1) is 18.3 Å². The lowest BCUT2D eigenvalue weighted by atomic mass is 9.84. The van der Waals surface area contributed by atoms with E-state index in [1.807, 2.05) is 19.1 Å². The van der Waals surface area contributed by atoms with E-state index in [-0.39, 0.29) is 6.10 Å². The van der Waals surface area contributed by atoms with Gasteiger partial charge in [0.05, 0.1) is 18.2 Å². The molecular weight excluding hydrogens is 596 g/mol. The number of ketones is 1. The van der Waals surface area contributed by atoms with Crippen LogP contribution in [0.5, 0.6) is 17.2 Å². The van der Waals surface area contributed by atoms with E-state index in [0.29, 0.717) is 53.9 Å². The van der Waals surface area contributed by atoms with E-state index in [9.17, 15) is 4.79 Å². The van der Waals surface area contributed by atoms with Gasteiger partial charge in [-0.1, -0.05) is 55.8 Å². The van der Waals surface area contributed by atoms with Crippen LogP contribution in [0.15, 0.2) is 48.5 Å². The highest BCUT2D eigenvalue weighted by atomic mass is 35.5. The second-order valence-corrected chi connectivity index (χ2v) is 14.5. The number of nitrogens with zero attached hydrogens (tertiary/aromatic N) is 1. The number of halogens is 1. The maximum atomic E-state index is 11.6. The van der Waals surface area contributed by atoms with Gasteiger partial charge in [-0.3, -0.25) is 4.79 Å². The molecule has 2 fully saturated rings. The largest absolute Gasteiger partial charge is 0.493 e. The standard InChI is InChI=1S/C39H49ClN2O4/c1-5-44-37-21-38(34(40)20-28(37)23-41-22-27-13-14-29(43)19-27)46-36-16-15-32-31(10-6-11-33(32)36)30-9-7-12-35(26(30)2)45-18-8-17-42-24-39(3,4)25-42/h6-7,9-12,20-21,27,36,41H,5,8,13-19,22-25H2,1-4H3/t27-,36+/m1/s1. The minimum absolute atomic E-state index is 0.0861. The summed E-state index contributed by atoms with van der Waals surface area (Å²) in [6.07, 6.45) is 5.13. The van der Waals surface area contributed by atoms with E-state index in [1.54, 1.807) is 0 Å². The Bertz CT molecular complexity index is 1550. The molecule has 1 saturated heterocycles. The number of fused-ring (bicyclic) bond motifs is 1. The van der Waals surface area contributed by atoms with Crippen LogP contribution in [0.3, 0.4) is 0 Å². The molecule has 0 spiro atoms. The van der Waals surface area contributed by atoms with Gasteiger partial charge in [-0.15, -0.1) is 0 Å². The Hall–Kier alpha value is -3.06. The summed E-state index contributed by atoms with van der Waals surface area (Å²) in [7, 11) is 0. The molecular formula is C39H49ClN2O4. The van der Waals surface area contributed by atoms with Crippen LogP contribution in [0.25, 0.3) is 11.1 Å². The zero-order valence-corrected chi connectivity index (χ0v) is 28.7. The fourth-order valence-electron chi connectivity index (χ4n) is 7.57. The lowest BCUT2D eigenvalue weighted by Crippen LogP contribution is -2.53. The first-order valence-electron chi connectivity index (χ1n) is 17.1. The number of hydrogen-bond acceptors (Lipinski definition) is 6. The molecule has 1 saturated carbocycles. The highest BCUT2D eigenvalue weighted by molar-refractivity contribution is 6.32. The summed E-state index contributed by atoms with van der Waals surface area (Å²) >= 11 is 6.82. The summed E-state index contributed by atoms with van der Waals surface area (Å²) in [5.41, 5.74) is 7.66. The van der Waals surface area contributed by atoms with Gasteiger partial charge in [0.15, 0.2) is 0 Å². The molecule has 2 atom stereocenters. The van der Waals surface area contributed by atoms with Gasteiger partial charge >= 0.3 is 0 Å². The van der Waals surface area contributed by atoms with Crippen LogP contribution in [0.2, 0.25) is 5.02 Å². The van der Waals surface area contributed by atoms with Gasteiger partial charge in [-0.05, 0) is 97.4 Å². The summed E-state index contributed by atoms with van der Waals surface area (Å²) in [6.45, 7) is 15.0. The Labute approximate surface area is 279 Å². The first-order valence-corrected chi connectivity index (χ1v) is 17.5. The van der Waals surface area contributed by atoms with Crippen LogP contribution in [-0.2, 0) is 17.8 Å². The van der Waals surface area contributed by atoms with Crippen molar-refractivity contribution in [3.05, 3.63) is 75.8 Å². The van der Waals surface area contributed by atoms with E-state index in [4.69, 9.17) is 25.8 Å². The number of carbonyl (C=O) groups is 1. The normalized spacial score (nSPS) is 20.4. The smallest absolute Gasteiger partial charge is 0.142 e. The second kappa shape index (κ2) is 14.4. The third-order valence-electron chi connectivity index (χ3n) is 9.75. The number of hydrogen-bond donors (Lipinski definition) is 1. The molecule has 0 aromatic heterocycles. The van der Waals surface area contributed by atoms with Crippen LogP contribution >= 0.6 is 11.6 Å². The van der Waals surface area contributed by atoms with Gasteiger partial charge in [-0.25, -0.2) is 0 Å². The van der Waals surface area contributed by atoms with Crippen LogP contribution in [0.1, 0.15) is 81.2 Å². The average Bonchev–Trinajstić information content (AvgIpc) is 3.63. The number of likely N-dealkylation sites (tertiary alicyclic amines) is 1. The molecule has 3 aliphatic rings. The van der Waals surface area contributed by atoms with Crippen molar-refractivity contribution in [1.82, 2.24) is 10.2 Å². The van der Waals surface area contributed by atoms with Crippen molar-refractivity contribution in [2.75, 3.05) is 39.4 Å². The zero-order chi connectivity index (χ0) is 32.3. The summed E-state index contributed by atoms with van der Waals surface area (Å²) in [5, 5.41) is 4.09. The molecule has 1 heterocycles. The average molecular weight is 645 g/mol. The number of ether oxygens (including phenoxy) is 3. The first kappa shape index (κ1) is 32.9. The number of benzene rings is 3. The van der Waals surface area contributed by atoms with Crippen LogP contribution < -0.4 is 19.5 Å². The molecule has 0 unspecified atom stereocenters. The third-order valence-corrected chi connectivity index (χ3v) is 10.0. The van der Waals surface area contributed by atoms with Crippen LogP contribution in [0.4, 0.5) is 0 Å². The van der Waals surface area contributed by atoms with E-state index >= 15 is 0 Å². The second-order valence-electron chi connectivity index (χ2n) is 14.1. The predicted molar refractivity (Wildman–Crippen MR) is 185 cm³/mol. The summed E-state index contributed by atoms with van der Waals surface area (Å²) in [5.74, 6) is 3.18. The SMILES string of the molecule is CCOc1cc(O[C@H]2CCc3c(-c4cccc(OCCCN5CC(C)(C)C5)c4C)cccc32)c(Cl)cc1CNC[C@@H]1CCC(=O)C1. The van der Waals surface area contributed by atoms with Crippen molar-refractivity contribution in [2.24, 2.45) is 11.3 Å². The summed E-state index contributed by atoms with van der Waals surface area (Å²) in [4.78, 5) is 14.2. The molecule has 1 aliphatic heterocycles. The molecule has 3 aromatic rings. The topological polar surface area (TPSA) is 60.0 Å². The van der Waals surface area contributed by atoms with Crippen LogP contribution in [-0.4, -0.2) is 50.1 Å².